The number of nitrogens with one attached hydrogen (secondary N) is 2. The normalized spacial score (nSPS) is 11.7. The van der Waals surface area contributed by atoms with Crippen molar-refractivity contribution in [1.82, 2.24) is 10.6 Å². The number of halogens is 1. The monoisotopic (exact) mass is 352 g/mol. The zero-order valence-electron chi connectivity index (χ0n) is 14.8. The summed E-state index contributed by atoms with van der Waals surface area (Å²) in [5.41, 5.74) is -0.0646. The van der Waals surface area contributed by atoms with E-state index in [4.69, 9.17) is 4.74 Å². The van der Waals surface area contributed by atoms with Crippen molar-refractivity contribution in [2.24, 2.45) is 5.92 Å². The Balaban J connectivity index is 2.43. The van der Waals surface area contributed by atoms with Gasteiger partial charge in [-0.2, -0.15) is 0 Å². The summed E-state index contributed by atoms with van der Waals surface area (Å²) in [5, 5.41) is 5.27. The van der Waals surface area contributed by atoms with Crippen LogP contribution in [0.3, 0.4) is 0 Å². The second-order valence-corrected chi connectivity index (χ2v) is 5.91. The third kappa shape index (κ3) is 7.32. The highest BCUT2D eigenvalue weighted by Gasteiger charge is 2.20. The molecule has 6 nitrogen and oxygen atoms in total. The van der Waals surface area contributed by atoms with Crippen molar-refractivity contribution in [3.8, 4) is 0 Å². The molecule has 0 aromatic heterocycles. The van der Waals surface area contributed by atoms with Crippen LogP contribution in [-0.2, 0) is 14.3 Å². The van der Waals surface area contributed by atoms with Crippen LogP contribution in [0, 0.1) is 11.7 Å². The second kappa shape index (κ2) is 10.4. The lowest BCUT2D eigenvalue weighted by Crippen LogP contribution is -2.41. The highest BCUT2D eigenvalue weighted by molar-refractivity contribution is 5.94. The molecule has 0 saturated carbocycles. The van der Waals surface area contributed by atoms with Crippen LogP contribution in [0.2, 0.25) is 0 Å². The van der Waals surface area contributed by atoms with Gasteiger partial charge in [0.05, 0.1) is 18.6 Å². The maximum Gasteiger partial charge on any atom is 0.307 e. The quantitative estimate of drug-likeness (QED) is 0.666. The molecule has 0 unspecified atom stereocenters. The Hall–Kier alpha value is -2.44. The smallest absolute Gasteiger partial charge is 0.307 e. The Morgan fingerprint density at radius 2 is 1.88 bits per heavy atom. The molecule has 2 amide bonds. The third-order valence-electron chi connectivity index (χ3n) is 3.60. The molecule has 0 spiro atoms. The van der Waals surface area contributed by atoms with Gasteiger partial charge in [-0.05, 0) is 25.0 Å². The van der Waals surface area contributed by atoms with E-state index < -0.39 is 11.7 Å². The van der Waals surface area contributed by atoms with Crippen molar-refractivity contribution in [2.75, 3.05) is 13.2 Å². The molecule has 2 N–H and O–H groups in total. The molecule has 1 aromatic carbocycles. The fraction of sp³-hybridized carbons (Fsp3) is 0.500. The predicted molar refractivity (Wildman–Crippen MR) is 91.4 cm³/mol. The summed E-state index contributed by atoms with van der Waals surface area (Å²) in [4.78, 5) is 35.4. The fourth-order valence-electron chi connectivity index (χ4n) is 2.16. The molecule has 0 saturated heterocycles. The van der Waals surface area contributed by atoms with Gasteiger partial charge < -0.3 is 15.4 Å². The summed E-state index contributed by atoms with van der Waals surface area (Å²) in [6.07, 6.45) is 0.130. The molecular weight excluding hydrogens is 327 g/mol. The van der Waals surface area contributed by atoms with E-state index in [2.05, 4.69) is 10.6 Å². The molecule has 7 heteroatoms. The molecule has 0 aliphatic carbocycles. The zero-order chi connectivity index (χ0) is 18.8. The third-order valence-corrected chi connectivity index (χ3v) is 3.60. The van der Waals surface area contributed by atoms with Crippen LogP contribution in [0.15, 0.2) is 24.3 Å². The highest BCUT2D eigenvalue weighted by Crippen LogP contribution is 2.08. The molecule has 25 heavy (non-hydrogen) atoms. The minimum Gasteiger partial charge on any atom is -0.466 e. The average Bonchev–Trinajstić information content (AvgIpc) is 2.54. The number of carbonyl (C=O) groups excluding carboxylic acids is 3. The first kappa shape index (κ1) is 20.6. The van der Waals surface area contributed by atoms with Gasteiger partial charge in [0.15, 0.2) is 0 Å². The Labute approximate surface area is 147 Å². The minimum absolute atomic E-state index is 0.0340. The zero-order valence-corrected chi connectivity index (χ0v) is 14.8. The number of hydrogen-bond acceptors (Lipinski definition) is 4. The van der Waals surface area contributed by atoms with Gasteiger partial charge in [-0.15, -0.1) is 0 Å². The van der Waals surface area contributed by atoms with E-state index in [9.17, 15) is 18.8 Å². The van der Waals surface area contributed by atoms with Gasteiger partial charge >= 0.3 is 5.97 Å². The summed E-state index contributed by atoms with van der Waals surface area (Å²) in [6.45, 7) is 5.87. The number of carbonyl (C=O) groups is 3. The van der Waals surface area contributed by atoms with E-state index in [-0.39, 0.29) is 48.8 Å². The van der Waals surface area contributed by atoms with Crippen LogP contribution < -0.4 is 10.6 Å². The molecule has 0 radical (unpaired) electrons. The van der Waals surface area contributed by atoms with Crippen LogP contribution >= 0.6 is 0 Å². The van der Waals surface area contributed by atoms with E-state index >= 15 is 0 Å². The lowest BCUT2D eigenvalue weighted by molar-refractivity contribution is -0.144. The van der Waals surface area contributed by atoms with Crippen LogP contribution in [0.5, 0.6) is 0 Å². The van der Waals surface area contributed by atoms with Crippen molar-refractivity contribution in [1.29, 1.82) is 0 Å². The minimum atomic E-state index is -0.612. The molecule has 0 aliphatic heterocycles. The molecule has 0 heterocycles. The van der Waals surface area contributed by atoms with Gasteiger partial charge in [-0.3, -0.25) is 14.4 Å². The van der Waals surface area contributed by atoms with Crippen LogP contribution in [0.4, 0.5) is 4.39 Å². The first-order chi connectivity index (χ1) is 11.8. The fourth-order valence-corrected chi connectivity index (χ4v) is 2.16. The number of amides is 2. The molecule has 1 aromatic rings. The van der Waals surface area contributed by atoms with Crippen LogP contribution in [0.25, 0.3) is 0 Å². The number of ether oxygens (including phenoxy) is 1. The first-order valence-corrected chi connectivity index (χ1v) is 8.32. The van der Waals surface area contributed by atoms with Crippen LogP contribution in [0.1, 0.15) is 44.0 Å². The largest absolute Gasteiger partial charge is 0.466 e. The molecule has 0 aliphatic rings. The Morgan fingerprint density at radius 3 is 2.48 bits per heavy atom. The van der Waals surface area contributed by atoms with Gasteiger partial charge in [0, 0.05) is 19.0 Å². The number of esters is 1. The van der Waals surface area contributed by atoms with E-state index in [1.807, 2.05) is 13.8 Å². The Bertz CT molecular complexity index is 604. The lowest BCUT2D eigenvalue weighted by Gasteiger charge is -2.21. The molecule has 0 bridgehead atoms. The Morgan fingerprint density at radius 1 is 1.20 bits per heavy atom. The van der Waals surface area contributed by atoms with E-state index in [1.54, 1.807) is 13.0 Å². The maximum absolute atomic E-state index is 13.5. The SMILES string of the molecule is CCOC(=O)C[C@@H](NC(=O)CCNC(=O)c1ccccc1F)C(C)C. The molecule has 1 atom stereocenters. The van der Waals surface area contributed by atoms with E-state index in [0.29, 0.717) is 6.61 Å². The summed E-state index contributed by atoms with van der Waals surface area (Å²) in [6, 6.07) is 5.29. The standard InChI is InChI=1S/C18H25FN2O4/c1-4-25-17(23)11-15(12(2)3)21-16(22)9-10-20-18(24)13-7-5-6-8-14(13)19/h5-8,12,15H,4,9-11H2,1-3H3,(H,20,24)(H,21,22)/t15-/m1/s1. The van der Waals surface area contributed by atoms with Crippen molar-refractivity contribution >= 4 is 17.8 Å². The van der Waals surface area contributed by atoms with Gasteiger partial charge in [-0.1, -0.05) is 26.0 Å². The second-order valence-electron chi connectivity index (χ2n) is 5.91. The van der Waals surface area contributed by atoms with Gasteiger partial charge in [0.2, 0.25) is 5.91 Å². The number of hydrogen-bond donors (Lipinski definition) is 2. The molecular formula is C18H25FN2O4. The van der Waals surface area contributed by atoms with Crippen molar-refractivity contribution in [3.63, 3.8) is 0 Å². The van der Waals surface area contributed by atoms with Gasteiger partial charge in [-0.25, -0.2) is 4.39 Å². The number of rotatable bonds is 9. The number of benzene rings is 1. The Kier molecular flexibility index (Phi) is 8.60. The maximum atomic E-state index is 13.5. The molecule has 138 valence electrons. The van der Waals surface area contributed by atoms with E-state index in [0.717, 1.165) is 0 Å². The van der Waals surface area contributed by atoms with Crippen molar-refractivity contribution in [2.45, 2.75) is 39.7 Å². The summed E-state index contributed by atoms with van der Waals surface area (Å²) in [5.74, 6) is -1.79. The first-order valence-electron chi connectivity index (χ1n) is 8.32. The average molecular weight is 352 g/mol. The van der Waals surface area contributed by atoms with E-state index in [1.165, 1.54) is 18.2 Å². The van der Waals surface area contributed by atoms with Crippen molar-refractivity contribution < 1.29 is 23.5 Å². The lowest BCUT2D eigenvalue weighted by atomic mass is 10.0. The summed E-state index contributed by atoms with van der Waals surface area (Å²) >= 11 is 0. The van der Waals surface area contributed by atoms with Crippen molar-refractivity contribution in [3.05, 3.63) is 35.6 Å². The molecule has 0 fully saturated rings. The highest BCUT2D eigenvalue weighted by atomic mass is 19.1. The summed E-state index contributed by atoms with van der Waals surface area (Å²) in [7, 11) is 0. The summed E-state index contributed by atoms with van der Waals surface area (Å²) < 4.78 is 18.4. The molecule has 1 rings (SSSR count). The predicted octanol–water partition coefficient (Wildman–Crippen LogP) is 2.04. The van der Waals surface area contributed by atoms with Gasteiger partial charge in [0.1, 0.15) is 5.82 Å². The van der Waals surface area contributed by atoms with Crippen LogP contribution in [-0.4, -0.2) is 37.0 Å². The topological polar surface area (TPSA) is 84.5 Å². The van der Waals surface area contributed by atoms with Gasteiger partial charge in [0.25, 0.3) is 5.91 Å².